The minimum absolute atomic E-state index is 0.191. The molecule has 278 valence electrons. The van der Waals surface area contributed by atoms with Crippen molar-refractivity contribution in [2.24, 2.45) is 11.3 Å². The number of nitro groups is 1. The normalized spacial score (nSPS) is 21.6. The molecular weight excluding hydrogens is 683 g/mol. The van der Waals surface area contributed by atoms with Crippen LogP contribution in [-0.2, 0) is 19.5 Å². The molecule has 7 rings (SSSR count). The Morgan fingerprint density at radius 3 is 2.40 bits per heavy atom. The third-order valence-corrected chi connectivity index (χ3v) is 13.0. The molecular formula is C39H49N5O7S. The van der Waals surface area contributed by atoms with Crippen molar-refractivity contribution in [1.29, 1.82) is 0 Å². The van der Waals surface area contributed by atoms with Gasteiger partial charge in [-0.25, -0.2) is 13.1 Å². The molecule has 3 saturated heterocycles. The van der Waals surface area contributed by atoms with Crippen molar-refractivity contribution in [2.45, 2.75) is 68.8 Å². The zero-order valence-corrected chi connectivity index (χ0v) is 30.6. The van der Waals surface area contributed by atoms with Gasteiger partial charge in [0.2, 0.25) is 0 Å². The number of rotatable bonds is 10. The van der Waals surface area contributed by atoms with Gasteiger partial charge in [0.25, 0.3) is 21.6 Å². The Morgan fingerprint density at radius 2 is 1.69 bits per heavy atom. The SMILES string of the molecule is Cc1ccccc1[C@@H]1COCCCN1C1CC2(CCN(c3ccc(C(=O)NS(=O)(=O)c4ccc(NCC5CCOCC5)c([N+](=O)[O-])c4)cc3)CC2)C1. The molecule has 1 amide bonds. The van der Waals surface area contributed by atoms with Crippen molar-refractivity contribution < 1.29 is 27.6 Å². The lowest BCUT2D eigenvalue weighted by atomic mass is 9.59. The van der Waals surface area contributed by atoms with E-state index in [0.29, 0.717) is 43.2 Å². The Hall–Kier alpha value is -4.04. The first-order valence-electron chi connectivity index (χ1n) is 18.5. The van der Waals surface area contributed by atoms with Gasteiger partial charge in [0, 0.05) is 69.4 Å². The minimum Gasteiger partial charge on any atom is -0.381 e. The highest BCUT2D eigenvalue weighted by Crippen LogP contribution is 2.53. The van der Waals surface area contributed by atoms with Crippen molar-refractivity contribution in [2.75, 3.05) is 62.8 Å². The Bertz CT molecular complexity index is 1850. The quantitative estimate of drug-likeness (QED) is 0.186. The number of amides is 1. The molecule has 3 aromatic carbocycles. The standard InChI is InChI=1S/C39H49N5O7S/c1-28-5-2-3-6-34(28)37-27-51-20-4-17-43(37)32-24-39(25-32)15-18-42(19-16-39)31-9-7-30(8-10-31)38(45)41-52(48,49)33-11-12-35(36(23-33)44(46)47)40-26-29-13-21-50-22-14-29/h2-3,5-12,23,29,32,37,40H,4,13-22,24-27H2,1H3,(H,41,45)/t37-/m0/s1. The van der Waals surface area contributed by atoms with Gasteiger partial charge in [0.15, 0.2) is 0 Å². The molecule has 3 heterocycles. The number of nitrogens with one attached hydrogen (secondary N) is 2. The Morgan fingerprint density at radius 1 is 0.962 bits per heavy atom. The molecule has 52 heavy (non-hydrogen) atoms. The maximum absolute atomic E-state index is 13.2. The summed E-state index contributed by atoms with van der Waals surface area (Å²) < 4.78 is 39.8. The van der Waals surface area contributed by atoms with Crippen LogP contribution in [0.1, 0.15) is 72.5 Å². The van der Waals surface area contributed by atoms with Crippen molar-refractivity contribution >= 4 is 33.0 Å². The van der Waals surface area contributed by atoms with Crippen LogP contribution in [0.4, 0.5) is 17.1 Å². The average molecular weight is 732 g/mol. The number of ether oxygens (including phenoxy) is 2. The number of nitrogens with zero attached hydrogens (tertiary/aromatic N) is 3. The van der Waals surface area contributed by atoms with Crippen LogP contribution in [0.5, 0.6) is 0 Å². The highest BCUT2D eigenvalue weighted by atomic mass is 32.2. The van der Waals surface area contributed by atoms with Crippen LogP contribution in [0.25, 0.3) is 0 Å². The van der Waals surface area contributed by atoms with Crippen LogP contribution in [-0.4, -0.2) is 82.8 Å². The predicted octanol–water partition coefficient (Wildman–Crippen LogP) is 6.07. The number of piperidine rings is 1. The van der Waals surface area contributed by atoms with Crippen LogP contribution in [0, 0.1) is 28.4 Å². The summed E-state index contributed by atoms with van der Waals surface area (Å²) in [4.78, 5) is 29.0. The van der Waals surface area contributed by atoms with Gasteiger partial charge in [0.05, 0.1) is 22.5 Å². The second-order valence-corrected chi connectivity index (χ2v) is 16.6. The Kier molecular flexibility index (Phi) is 10.8. The molecule has 0 unspecified atom stereocenters. The van der Waals surface area contributed by atoms with Gasteiger partial charge in [0.1, 0.15) is 5.69 Å². The smallest absolute Gasteiger partial charge is 0.293 e. The van der Waals surface area contributed by atoms with Crippen LogP contribution >= 0.6 is 0 Å². The van der Waals surface area contributed by atoms with Crippen molar-refractivity contribution in [3.05, 3.63) is 93.5 Å². The van der Waals surface area contributed by atoms with E-state index >= 15 is 0 Å². The van der Waals surface area contributed by atoms with Crippen LogP contribution in [0.2, 0.25) is 0 Å². The third-order valence-electron chi connectivity index (χ3n) is 11.7. The van der Waals surface area contributed by atoms with Gasteiger partial charge in [-0.15, -0.1) is 0 Å². The molecule has 0 bridgehead atoms. The van der Waals surface area contributed by atoms with E-state index in [2.05, 4.69) is 51.0 Å². The first-order valence-corrected chi connectivity index (χ1v) is 20.0. The molecule has 0 radical (unpaired) electrons. The highest BCUT2D eigenvalue weighted by molar-refractivity contribution is 7.90. The number of anilines is 2. The summed E-state index contributed by atoms with van der Waals surface area (Å²) in [6, 6.07) is 20.2. The third kappa shape index (κ3) is 7.97. The number of nitro benzene ring substituents is 1. The molecule has 1 saturated carbocycles. The lowest BCUT2D eigenvalue weighted by Gasteiger charge is -2.56. The first kappa shape index (κ1) is 36.3. The molecule has 1 spiro atoms. The number of hydrogen-bond donors (Lipinski definition) is 2. The number of sulfonamides is 1. The summed E-state index contributed by atoms with van der Waals surface area (Å²) in [7, 11) is -4.36. The summed E-state index contributed by atoms with van der Waals surface area (Å²) in [5, 5.41) is 14.9. The van der Waals surface area contributed by atoms with Crippen molar-refractivity contribution in [3.8, 4) is 0 Å². The average Bonchev–Trinajstić information content (AvgIpc) is 3.39. The van der Waals surface area contributed by atoms with Crippen LogP contribution < -0.4 is 14.9 Å². The second-order valence-electron chi connectivity index (χ2n) is 14.9. The van der Waals surface area contributed by atoms with Gasteiger partial charge in [-0.1, -0.05) is 24.3 Å². The zero-order chi connectivity index (χ0) is 36.3. The largest absolute Gasteiger partial charge is 0.381 e. The van der Waals surface area contributed by atoms with Crippen LogP contribution in [0.15, 0.2) is 71.6 Å². The zero-order valence-electron chi connectivity index (χ0n) is 29.8. The monoisotopic (exact) mass is 731 g/mol. The number of benzene rings is 3. The van der Waals surface area contributed by atoms with E-state index < -0.39 is 20.9 Å². The number of carbonyl (C=O) groups is 1. The molecule has 2 N–H and O–H groups in total. The molecule has 12 nitrogen and oxygen atoms in total. The Labute approximate surface area is 306 Å². The van der Waals surface area contributed by atoms with Gasteiger partial charge in [-0.2, -0.15) is 0 Å². The van der Waals surface area contributed by atoms with E-state index in [4.69, 9.17) is 9.47 Å². The van der Waals surface area contributed by atoms with E-state index in [0.717, 1.165) is 76.7 Å². The lowest BCUT2D eigenvalue weighted by Crippen LogP contribution is -2.56. The van der Waals surface area contributed by atoms with Crippen LogP contribution in [0.3, 0.4) is 0 Å². The summed E-state index contributed by atoms with van der Waals surface area (Å²) in [5.41, 5.74) is 4.11. The Balaban J connectivity index is 0.929. The first-order chi connectivity index (χ1) is 25.1. The highest BCUT2D eigenvalue weighted by Gasteiger charge is 2.49. The van der Waals surface area contributed by atoms with E-state index in [1.807, 2.05) is 12.1 Å². The molecule has 3 aromatic rings. The molecule has 3 aliphatic heterocycles. The maximum atomic E-state index is 13.2. The molecule has 1 aliphatic carbocycles. The van der Waals surface area contributed by atoms with Gasteiger partial charge in [-0.05, 0) is 111 Å². The van der Waals surface area contributed by atoms with E-state index in [1.54, 1.807) is 12.1 Å². The fourth-order valence-electron chi connectivity index (χ4n) is 8.53. The van der Waals surface area contributed by atoms with Crippen molar-refractivity contribution in [3.63, 3.8) is 0 Å². The van der Waals surface area contributed by atoms with Gasteiger partial charge < -0.3 is 19.7 Å². The maximum Gasteiger partial charge on any atom is 0.293 e. The number of carbonyl (C=O) groups excluding carboxylic acids is 1. The minimum atomic E-state index is -4.36. The summed E-state index contributed by atoms with van der Waals surface area (Å²) >= 11 is 0. The molecule has 1 atom stereocenters. The summed E-state index contributed by atoms with van der Waals surface area (Å²) in [5.74, 6) is -0.481. The van der Waals surface area contributed by atoms with Crippen molar-refractivity contribution in [1.82, 2.24) is 9.62 Å². The molecule has 0 aromatic heterocycles. The van der Waals surface area contributed by atoms with E-state index in [-0.39, 0.29) is 21.8 Å². The summed E-state index contributed by atoms with van der Waals surface area (Å²) in [6.45, 7) is 8.49. The van der Waals surface area contributed by atoms with E-state index in [1.165, 1.54) is 36.1 Å². The fraction of sp³-hybridized carbons (Fsp3) is 0.513. The summed E-state index contributed by atoms with van der Waals surface area (Å²) in [6.07, 6.45) is 7.39. The van der Waals surface area contributed by atoms with E-state index in [9.17, 15) is 23.3 Å². The number of aryl methyl sites for hydroxylation is 1. The van der Waals surface area contributed by atoms with Gasteiger partial charge >= 0.3 is 0 Å². The fourth-order valence-corrected chi connectivity index (χ4v) is 9.53. The lowest BCUT2D eigenvalue weighted by molar-refractivity contribution is -0.384. The predicted molar refractivity (Wildman–Crippen MR) is 199 cm³/mol. The number of hydrogen-bond acceptors (Lipinski definition) is 10. The molecule has 4 aliphatic rings. The topological polar surface area (TPSA) is 143 Å². The van der Waals surface area contributed by atoms with Gasteiger partial charge in [-0.3, -0.25) is 19.8 Å². The molecule has 13 heteroatoms. The second kappa shape index (κ2) is 15.5. The molecule has 4 fully saturated rings.